The molecule has 3 aromatic rings. The van der Waals surface area contributed by atoms with Crippen LogP contribution >= 0.6 is 11.6 Å². The zero-order valence-corrected chi connectivity index (χ0v) is 14.4. The largest absolute Gasteiger partial charge is 0.495 e. The van der Waals surface area contributed by atoms with Gasteiger partial charge in [-0.1, -0.05) is 16.7 Å². The molecule has 1 unspecified atom stereocenters. The van der Waals surface area contributed by atoms with Crippen molar-refractivity contribution in [2.75, 3.05) is 12.8 Å². The number of aromatic nitrogens is 4. The fourth-order valence-corrected chi connectivity index (χ4v) is 3.09. The first-order valence-corrected chi connectivity index (χ1v) is 8.10. The Morgan fingerprint density at radius 1 is 1.36 bits per heavy atom. The normalized spacial score (nSPS) is 16.7. The van der Waals surface area contributed by atoms with Crippen molar-refractivity contribution in [3.05, 3.63) is 34.5 Å². The third-order valence-corrected chi connectivity index (χ3v) is 4.42. The number of ether oxygens (including phenoxy) is 2. The number of halogens is 1. The first-order chi connectivity index (χ1) is 12.1. The Balaban J connectivity index is 1.89. The van der Waals surface area contributed by atoms with Gasteiger partial charge in [-0.3, -0.25) is 0 Å². The van der Waals surface area contributed by atoms with Crippen LogP contribution in [0.25, 0.3) is 17.3 Å². The monoisotopic (exact) mass is 361 g/mol. The summed E-state index contributed by atoms with van der Waals surface area (Å²) in [7, 11) is 1.58. The van der Waals surface area contributed by atoms with E-state index in [1.54, 1.807) is 13.2 Å². The van der Waals surface area contributed by atoms with E-state index in [0.29, 0.717) is 29.5 Å². The molecule has 0 aliphatic carbocycles. The molecule has 1 atom stereocenters. The standard InChI is InChI=1S/C16H16ClN5O3/c1-8-5-12-10(7-24-8)14(15-19-20-16(18)25-15)21-22(12)9-3-4-11(17)13(6-9)23-2/h3-4,6,8H,5,7H2,1-2H3,(H2,18,20). The van der Waals surface area contributed by atoms with Gasteiger partial charge in [-0.2, -0.15) is 5.10 Å². The van der Waals surface area contributed by atoms with Crippen LogP contribution in [0.4, 0.5) is 6.01 Å². The molecule has 9 heteroatoms. The van der Waals surface area contributed by atoms with E-state index in [9.17, 15) is 0 Å². The van der Waals surface area contributed by atoms with Crippen molar-refractivity contribution in [2.45, 2.75) is 26.1 Å². The van der Waals surface area contributed by atoms with Gasteiger partial charge in [0.2, 0.25) is 0 Å². The van der Waals surface area contributed by atoms with Crippen molar-refractivity contribution >= 4 is 17.6 Å². The quantitative estimate of drug-likeness (QED) is 0.765. The summed E-state index contributed by atoms with van der Waals surface area (Å²) in [6.45, 7) is 2.44. The summed E-state index contributed by atoms with van der Waals surface area (Å²) in [6.07, 6.45) is 0.787. The molecular weight excluding hydrogens is 346 g/mol. The number of hydrogen-bond donors (Lipinski definition) is 1. The zero-order valence-electron chi connectivity index (χ0n) is 13.7. The third kappa shape index (κ3) is 2.73. The van der Waals surface area contributed by atoms with Crippen molar-refractivity contribution in [1.29, 1.82) is 0 Å². The molecule has 3 heterocycles. The minimum Gasteiger partial charge on any atom is -0.495 e. The van der Waals surface area contributed by atoms with Crippen molar-refractivity contribution in [2.24, 2.45) is 0 Å². The van der Waals surface area contributed by atoms with Crippen molar-refractivity contribution < 1.29 is 13.9 Å². The molecule has 2 aromatic heterocycles. The molecule has 0 amide bonds. The molecule has 0 bridgehead atoms. The first kappa shape index (κ1) is 15.9. The van der Waals surface area contributed by atoms with Crippen molar-refractivity contribution in [3.63, 3.8) is 0 Å². The highest BCUT2D eigenvalue weighted by Gasteiger charge is 2.28. The number of benzene rings is 1. The van der Waals surface area contributed by atoms with Gasteiger partial charge in [-0.25, -0.2) is 4.68 Å². The van der Waals surface area contributed by atoms with Gasteiger partial charge in [0, 0.05) is 18.1 Å². The van der Waals surface area contributed by atoms with Crippen LogP contribution in [0.2, 0.25) is 5.02 Å². The Kier molecular flexibility index (Phi) is 3.85. The molecule has 0 fully saturated rings. The number of nitrogen functional groups attached to an aromatic ring is 1. The fraction of sp³-hybridized carbons (Fsp3) is 0.312. The Morgan fingerprint density at radius 3 is 2.92 bits per heavy atom. The molecule has 4 rings (SSSR count). The molecule has 1 aliphatic rings. The lowest BCUT2D eigenvalue weighted by molar-refractivity contribution is 0.0400. The summed E-state index contributed by atoms with van der Waals surface area (Å²) in [5.74, 6) is 0.846. The third-order valence-electron chi connectivity index (χ3n) is 4.11. The predicted octanol–water partition coefficient (Wildman–Crippen LogP) is 2.63. The van der Waals surface area contributed by atoms with Gasteiger partial charge in [0.05, 0.1) is 36.2 Å². The highest BCUT2D eigenvalue weighted by atomic mass is 35.5. The van der Waals surface area contributed by atoms with Crippen LogP contribution in [0.1, 0.15) is 18.2 Å². The van der Waals surface area contributed by atoms with Crippen LogP contribution in [0.15, 0.2) is 22.6 Å². The Hall–Kier alpha value is -2.58. The van der Waals surface area contributed by atoms with Crippen molar-refractivity contribution in [1.82, 2.24) is 20.0 Å². The van der Waals surface area contributed by atoms with E-state index >= 15 is 0 Å². The topological polar surface area (TPSA) is 101 Å². The van der Waals surface area contributed by atoms with Gasteiger partial charge in [0.25, 0.3) is 5.89 Å². The molecule has 0 spiro atoms. The molecule has 0 radical (unpaired) electrons. The lowest BCUT2D eigenvalue weighted by Crippen LogP contribution is -2.21. The van der Waals surface area contributed by atoms with E-state index in [1.165, 1.54) is 0 Å². The maximum absolute atomic E-state index is 6.13. The number of anilines is 1. The van der Waals surface area contributed by atoms with Crippen LogP contribution in [-0.2, 0) is 17.8 Å². The lowest BCUT2D eigenvalue weighted by Gasteiger charge is -2.21. The number of hydrogen-bond acceptors (Lipinski definition) is 7. The van der Waals surface area contributed by atoms with Gasteiger partial charge < -0.3 is 19.6 Å². The second-order valence-corrected chi connectivity index (χ2v) is 6.18. The lowest BCUT2D eigenvalue weighted by atomic mass is 10.1. The minimum absolute atomic E-state index is 0.00319. The van der Waals surface area contributed by atoms with Crippen LogP contribution < -0.4 is 10.5 Å². The highest BCUT2D eigenvalue weighted by Crippen LogP contribution is 2.34. The van der Waals surface area contributed by atoms with Gasteiger partial charge >= 0.3 is 6.01 Å². The summed E-state index contributed by atoms with van der Waals surface area (Å²) < 4.78 is 18.3. The van der Waals surface area contributed by atoms with Gasteiger partial charge in [-0.15, -0.1) is 5.10 Å². The Bertz CT molecular complexity index is 936. The SMILES string of the molecule is COc1cc(-n2nc(-c3nnc(N)o3)c3c2CC(C)OC3)ccc1Cl. The molecule has 1 aliphatic heterocycles. The second-order valence-electron chi connectivity index (χ2n) is 5.78. The van der Waals surface area contributed by atoms with E-state index in [1.807, 2.05) is 23.7 Å². The van der Waals surface area contributed by atoms with E-state index in [-0.39, 0.29) is 18.0 Å². The average molecular weight is 362 g/mol. The van der Waals surface area contributed by atoms with E-state index in [0.717, 1.165) is 16.9 Å². The van der Waals surface area contributed by atoms with E-state index < -0.39 is 0 Å². The van der Waals surface area contributed by atoms with Crippen LogP contribution in [0.3, 0.4) is 0 Å². The molecule has 130 valence electrons. The van der Waals surface area contributed by atoms with Gasteiger partial charge in [-0.05, 0) is 19.1 Å². The minimum atomic E-state index is -0.00319. The predicted molar refractivity (Wildman–Crippen MR) is 90.8 cm³/mol. The fourth-order valence-electron chi connectivity index (χ4n) is 2.90. The summed E-state index contributed by atoms with van der Waals surface area (Å²) >= 11 is 6.13. The zero-order chi connectivity index (χ0) is 17.6. The summed E-state index contributed by atoms with van der Waals surface area (Å²) in [6, 6.07) is 5.49. The van der Waals surface area contributed by atoms with Crippen LogP contribution in [0, 0.1) is 0 Å². The van der Waals surface area contributed by atoms with Gasteiger partial charge in [0.15, 0.2) is 5.69 Å². The molecule has 1 aromatic carbocycles. The van der Waals surface area contributed by atoms with Crippen molar-refractivity contribution in [3.8, 4) is 23.0 Å². The summed E-state index contributed by atoms with van der Waals surface area (Å²) in [5, 5.41) is 12.9. The molecule has 0 saturated carbocycles. The number of methoxy groups -OCH3 is 1. The second kappa shape index (κ2) is 6.05. The number of nitrogens with zero attached hydrogens (tertiary/aromatic N) is 4. The maximum atomic E-state index is 6.13. The summed E-state index contributed by atoms with van der Waals surface area (Å²) in [5.41, 5.74) is 8.88. The molecule has 8 nitrogen and oxygen atoms in total. The smallest absolute Gasteiger partial charge is 0.313 e. The highest BCUT2D eigenvalue weighted by molar-refractivity contribution is 6.32. The summed E-state index contributed by atoms with van der Waals surface area (Å²) in [4.78, 5) is 0. The van der Waals surface area contributed by atoms with E-state index in [2.05, 4.69) is 15.3 Å². The Labute approximate surface area is 148 Å². The molecule has 2 N–H and O–H groups in total. The van der Waals surface area contributed by atoms with Crippen LogP contribution in [-0.4, -0.2) is 33.2 Å². The van der Waals surface area contributed by atoms with E-state index in [4.69, 9.17) is 31.2 Å². The average Bonchev–Trinajstić information content (AvgIpc) is 3.18. The number of fused-ring (bicyclic) bond motifs is 1. The maximum Gasteiger partial charge on any atom is 0.313 e. The first-order valence-electron chi connectivity index (χ1n) is 7.72. The molecule has 0 saturated heterocycles. The number of rotatable bonds is 3. The molecule has 25 heavy (non-hydrogen) atoms. The Morgan fingerprint density at radius 2 is 2.20 bits per heavy atom. The molecular formula is C16H16ClN5O3. The number of nitrogens with two attached hydrogens (primary N) is 1. The van der Waals surface area contributed by atoms with Gasteiger partial charge in [0.1, 0.15) is 5.75 Å². The van der Waals surface area contributed by atoms with Crippen LogP contribution in [0.5, 0.6) is 5.75 Å².